The number of aliphatic hydroxyl groups is 1. The molecule has 2 aliphatic heterocycles. The molecule has 2 aliphatic rings. The molecule has 1 aromatic carbocycles. The lowest BCUT2D eigenvalue weighted by atomic mass is 9.96. The van der Waals surface area contributed by atoms with Crippen LogP contribution in [0.5, 0.6) is 5.75 Å². The number of hydrogen-bond donors (Lipinski definition) is 1. The number of hydrogen-bond acceptors (Lipinski definition) is 4. The number of carbonyl (C=O) groups is 2. The number of rotatable bonds is 5. The Balaban J connectivity index is 1.50. The second-order valence-electron chi connectivity index (χ2n) is 7.83. The van der Waals surface area contributed by atoms with E-state index >= 15 is 0 Å². The smallest absolute Gasteiger partial charge is 0.242 e. The van der Waals surface area contributed by atoms with Gasteiger partial charge in [0.25, 0.3) is 0 Å². The summed E-state index contributed by atoms with van der Waals surface area (Å²) >= 11 is 0. The van der Waals surface area contributed by atoms with E-state index in [-0.39, 0.29) is 30.8 Å². The fraction of sp³-hybridized carbons (Fsp3) is 0.619. The molecule has 0 aliphatic carbocycles. The van der Waals surface area contributed by atoms with Crippen molar-refractivity contribution in [3.8, 4) is 5.75 Å². The molecule has 2 amide bonds. The highest BCUT2D eigenvalue weighted by molar-refractivity contribution is 5.85. The standard InChI is InChI=1S/C21H29FN2O4/c22-17-6-8-18(9-7-17)28-16-21(27)10-4-13-23(14-11-21)20(26)15-24-12-3-1-2-5-19(24)25/h6-9,27H,1-5,10-16H2. The summed E-state index contributed by atoms with van der Waals surface area (Å²) in [6.07, 6.45) is 5.00. The van der Waals surface area contributed by atoms with Gasteiger partial charge in [0.05, 0.1) is 6.54 Å². The highest BCUT2D eigenvalue weighted by Crippen LogP contribution is 2.24. The molecule has 28 heavy (non-hydrogen) atoms. The fourth-order valence-corrected chi connectivity index (χ4v) is 3.79. The van der Waals surface area contributed by atoms with Crippen molar-refractivity contribution in [1.29, 1.82) is 0 Å². The maximum atomic E-state index is 13.0. The van der Waals surface area contributed by atoms with Crippen LogP contribution in [-0.2, 0) is 9.59 Å². The van der Waals surface area contributed by atoms with Crippen LogP contribution in [0.25, 0.3) is 0 Å². The first-order chi connectivity index (χ1) is 13.5. The number of carbonyl (C=O) groups excluding carboxylic acids is 2. The van der Waals surface area contributed by atoms with E-state index in [0.29, 0.717) is 51.1 Å². The summed E-state index contributed by atoms with van der Waals surface area (Å²) in [7, 11) is 0. The van der Waals surface area contributed by atoms with Crippen LogP contribution in [0.4, 0.5) is 4.39 Å². The molecule has 6 nitrogen and oxygen atoms in total. The minimum Gasteiger partial charge on any atom is -0.491 e. The van der Waals surface area contributed by atoms with E-state index in [1.807, 2.05) is 0 Å². The molecule has 2 saturated heterocycles. The molecule has 0 bridgehead atoms. The first-order valence-corrected chi connectivity index (χ1v) is 10.1. The number of nitrogens with zero attached hydrogens (tertiary/aromatic N) is 2. The van der Waals surface area contributed by atoms with E-state index in [0.717, 1.165) is 19.3 Å². The van der Waals surface area contributed by atoms with E-state index in [4.69, 9.17) is 4.74 Å². The Morgan fingerprint density at radius 1 is 1.07 bits per heavy atom. The molecule has 1 unspecified atom stereocenters. The van der Waals surface area contributed by atoms with E-state index in [9.17, 15) is 19.1 Å². The van der Waals surface area contributed by atoms with E-state index in [1.54, 1.807) is 9.80 Å². The van der Waals surface area contributed by atoms with Gasteiger partial charge in [0.15, 0.2) is 0 Å². The Morgan fingerprint density at radius 3 is 2.64 bits per heavy atom. The van der Waals surface area contributed by atoms with Gasteiger partial charge in [0.1, 0.15) is 23.8 Å². The lowest BCUT2D eigenvalue weighted by molar-refractivity contribution is -0.140. The third-order valence-electron chi connectivity index (χ3n) is 5.59. The van der Waals surface area contributed by atoms with Gasteiger partial charge in [-0.3, -0.25) is 9.59 Å². The van der Waals surface area contributed by atoms with Gasteiger partial charge < -0.3 is 19.6 Å². The van der Waals surface area contributed by atoms with Gasteiger partial charge in [-0.25, -0.2) is 4.39 Å². The maximum Gasteiger partial charge on any atom is 0.242 e. The van der Waals surface area contributed by atoms with Crippen LogP contribution in [0.1, 0.15) is 44.9 Å². The summed E-state index contributed by atoms with van der Waals surface area (Å²) < 4.78 is 18.6. The fourth-order valence-electron chi connectivity index (χ4n) is 3.79. The Labute approximate surface area is 165 Å². The number of amides is 2. The predicted octanol–water partition coefficient (Wildman–Crippen LogP) is 2.35. The van der Waals surface area contributed by atoms with Crippen molar-refractivity contribution < 1.29 is 23.8 Å². The van der Waals surface area contributed by atoms with Crippen LogP contribution in [0, 0.1) is 5.82 Å². The van der Waals surface area contributed by atoms with Gasteiger partial charge >= 0.3 is 0 Å². The van der Waals surface area contributed by atoms with Crippen LogP contribution >= 0.6 is 0 Å². The average molecular weight is 392 g/mol. The van der Waals surface area contributed by atoms with Crippen molar-refractivity contribution in [2.45, 2.75) is 50.5 Å². The first kappa shape index (κ1) is 20.6. The molecule has 1 atom stereocenters. The highest BCUT2D eigenvalue weighted by atomic mass is 19.1. The van der Waals surface area contributed by atoms with Crippen LogP contribution in [0.15, 0.2) is 24.3 Å². The zero-order chi connectivity index (χ0) is 20.0. The average Bonchev–Trinajstić information content (AvgIpc) is 3.00. The minimum absolute atomic E-state index is 0.0565. The van der Waals surface area contributed by atoms with Crippen molar-refractivity contribution >= 4 is 11.8 Å². The Kier molecular flexibility index (Phi) is 6.88. The topological polar surface area (TPSA) is 70.1 Å². The third-order valence-corrected chi connectivity index (χ3v) is 5.59. The molecule has 2 fully saturated rings. The van der Waals surface area contributed by atoms with E-state index in [1.165, 1.54) is 24.3 Å². The van der Waals surface area contributed by atoms with Crippen LogP contribution in [0.2, 0.25) is 0 Å². The predicted molar refractivity (Wildman–Crippen MR) is 102 cm³/mol. The van der Waals surface area contributed by atoms with Gasteiger partial charge in [-0.1, -0.05) is 6.42 Å². The van der Waals surface area contributed by atoms with Crippen molar-refractivity contribution in [1.82, 2.24) is 9.80 Å². The summed E-state index contributed by atoms with van der Waals surface area (Å²) in [6, 6.07) is 5.70. The number of halogens is 1. The van der Waals surface area contributed by atoms with E-state index < -0.39 is 5.60 Å². The normalized spacial score (nSPS) is 23.9. The first-order valence-electron chi connectivity index (χ1n) is 10.1. The Bertz CT molecular complexity index is 681. The molecule has 0 saturated carbocycles. The third kappa shape index (κ3) is 5.67. The van der Waals surface area contributed by atoms with Crippen LogP contribution < -0.4 is 4.74 Å². The summed E-state index contributed by atoms with van der Waals surface area (Å²) in [5, 5.41) is 10.9. The Hall–Kier alpha value is -2.15. The summed E-state index contributed by atoms with van der Waals surface area (Å²) in [4.78, 5) is 28.2. The van der Waals surface area contributed by atoms with Crippen molar-refractivity contribution in [2.75, 3.05) is 32.8 Å². The van der Waals surface area contributed by atoms with Crippen LogP contribution in [-0.4, -0.2) is 65.1 Å². The number of benzene rings is 1. The minimum atomic E-state index is -1.03. The van der Waals surface area contributed by atoms with Crippen molar-refractivity contribution in [2.24, 2.45) is 0 Å². The molecule has 2 heterocycles. The van der Waals surface area contributed by atoms with Crippen molar-refractivity contribution in [3.05, 3.63) is 30.1 Å². The molecule has 1 N–H and O–H groups in total. The lowest BCUT2D eigenvalue weighted by Crippen LogP contribution is -2.44. The SMILES string of the molecule is O=C(CN1CCCCCC1=O)N1CCCC(O)(COc2ccc(F)cc2)CC1. The van der Waals surface area contributed by atoms with Crippen LogP contribution in [0.3, 0.4) is 0 Å². The maximum absolute atomic E-state index is 13.0. The Morgan fingerprint density at radius 2 is 1.86 bits per heavy atom. The quantitative estimate of drug-likeness (QED) is 0.835. The second kappa shape index (κ2) is 9.37. The number of ether oxygens (including phenoxy) is 1. The molecule has 0 spiro atoms. The summed E-state index contributed by atoms with van der Waals surface area (Å²) in [5.41, 5.74) is -1.03. The van der Waals surface area contributed by atoms with Gasteiger partial charge in [-0.15, -0.1) is 0 Å². The molecule has 7 heteroatoms. The zero-order valence-corrected chi connectivity index (χ0v) is 16.2. The van der Waals surface area contributed by atoms with E-state index in [2.05, 4.69) is 0 Å². The second-order valence-corrected chi connectivity index (χ2v) is 7.83. The molecular formula is C21H29FN2O4. The molecule has 3 rings (SSSR count). The highest BCUT2D eigenvalue weighted by Gasteiger charge is 2.33. The van der Waals surface area contributed by atoms with Gasteiger partial charge in [0, 0.05) is 26.1 Å². The molecule has 0 aromatic heterocycles. The summed E-state index contributed by atoms with van der Waals surface area (Å²) in [6.45, 7) is 1.88. The monoisotopic (exact) mass is 392 g/mol. The molecule has 0 radical (unpaired) electrons. The zero-order valence-electron chi connectivity index (χ0n) is 16.2. The lowest BCUT2D eigenvalue weighted by Gasteiger charge is -2.28. The van der Waals surface area contributed by atoms with Gasteiger partial charge in [0.2, 0.25) is 11.8 Å². The summed E-state index contributed by atoms with van der Waals surface area (Å²) in [5.74, 6) is 0.174. The molecular weight excluding hydrogens is 363 g/mol. The molecule has 154 valence electrons. The van der Waals surface area contributed by atoms with Crippen molar-refractivity contribution in [3.63, 3.8) is 0 Å². The molecule has 1 aromatic rings. The van der Waals surface area contributed by atoms with Gasteiger partial charge in [-0.05, 0) is 56.4 Å². The largest absolute Gasteiger partial charge is 0.491 e. The van der Waals surface area contributed by atoms with Gasteiger partial charge in [-0.2, -0.15) is 0 Å². The number of likely N-dealkylation sites (tertiary alicyclic amines) is 2.